The number of carbonyl (C=O) groups is 2. The number of fused-ring (bicyclic) bond motifs is 1. The number of benzene rings is 1. The highest BCUT2D eigenvalue weighted by Gasteiger charge is 2.37. The molecule has 1 fully saturated rings. The van der Waals surface area contributed by atoms with Gasteiger partial charge in [0.2, 0.25) is 11.8 Å². The molecule has 2 amide bonds. The van der Waals surface area contributed by atoms with Gasteiger partial charge in [0.15, 0.2) is 5.13 Å². The fourth-order valence-electron chi connectivity index (χ4n) is 3.12. The maximum absolute atomic E-state index is 12.7. The van der Waals surface area contributed by atoms with Gasteiger partial charge in [0, 0.05) is 12.6 Å². The van der Waals surface area contributed by atoms with Crippen LogP contribution in [0.1, 0.15) is 26.7 Å². The minimum absolute atomic E-state index is 0.0517. The van der Waals surface area contributed by atoms with E-state index in [9.17, 15) is 22.8 Å². The summed E-state index contributed by atoms with van der Waals surface area (Å²) >= 11 is 1.03. The van der Waals surface area contributed by atoms with E-state index in [1.165, 1.54) is 17.0 Å². The number of nitrogens with one attached hydrogen (secondary N) is 1. The Morgan fingerprint density at radius 2 is 2.10 bits per heavy atom. The standard InChI is InChI=1S/C18H21F3N4O3S/c1-9(2)14(22)16(27)25-7-3-4-12(25)15(26)24-17-23-11-6-5-10(8-13(11)29-17)28-18(19,20)21/h5-6,8-9,12,14H,3-4,7,22H2,1-2H3,(H,23,24,26)/t12-,14?/m0/s1. The fourth-order valence-corrected chi connectivity index (χ4v) is 4.02. The van der Waals surface area contributed by atoms with E-state index >= 15 is 0 Å². The van der Waals surface area contributed by atoms with Crippen molar-refractivity contribution in [2.24, 2.45) is 11.7 Å². The summed E-state index contributed by atoms with van der Waals surface area (Å²) in [4.78, 5) is 31.0. The smallest absolute Gasteiger partial charge is 0.406 e. The van der Waals surface area contributed by atoms with E-state index in [4.69, 9.17) is 5.73 Å². The summed E-state index contributed by atoms with van der Waals surface area (Å²) in [6.45, 7) is 4.13. The molecule has 2 aromatic rings. The van der Waals surface area contributed by atoms with Crippen LogP contribution in [0.4, 0.5) is 18.3 Å². The highest BCUT2D eigenvalue weighted by atomic mass is 32.1. The number of aromatic nitrogens is 1. The van der Waals surface area contributed by atoms with Crippen molar-refractivity contribution in [2.75, 3.05) is 11.9 Å². The second-order valence-corrected chi connectivity index (χ2v) is 8.18. The number of nitrogens with zero attached hydrogens (tertiary/aromatic N) is 2. The Hall–Kier alpha value is -2.40. The SMILES string of the molecule is CC(C)C(N)C(=O)N1CCC[C@H]1C(=O)Nc1nc2ccc(OC(F)(F)F)cc2s1. The van der Waals surface area contributed by atoms with E-state index in [1.54, 1.807) is 0 Å². The lowest BCUT2D eigenvalue weighted by molar-refractivity contribution is -0.274. The number of hydrogen-bond donors (Lipinski definition) is 2. The van der Waals surface area contributed by atoms with Crippen molar-refractivity contribution in [3.05, 3.63) is 18.2 Å². The summed E-state index contributed by atoms with van der Waals surface area (Å²) in [6.07, 6.45) is -3.59. The Bertz CT molecular complexity index is 915. The van der Waals surface area contributed by atoms with E-state index in [0.717, 1.165) is 17.4 Å². The van der Waals surface area contributed by atoms with E-state index < -0.39 is 24.4 Å². The van der Waals surface area contributed by atoms with Gasteiger partial charge in [0.05, 0.1) is 16.3 Å². The van der Waals surface area contributed by atoms with Gasteiger partial charge < -0.3 is 20.7 Å². The predicted molar refractivity (Wildman–Crippen MR) is 102 cm³/mol. The number of carbonyl (C=O) groups excluding carboxylic acids is 2. The largest absolute Gasteiger partial charge is 0.573 e. The van der Waals surface area contributed by atoms with Gasteiger partial charge in [-0.1, -0.05) is 25.2 Å². The highest BCUT2D eigenvalue weighted by Crippen LogP contribution is 2.32. The first-order chi connectivity index (χ1) is 13.5. The average Bonchev–Trinajstić information content (AvgIpc) is 3.24. The summed E-state index contributed by atoms with van der Waals surface area (Å²) < 4.78 is 41.4. The Labute approximate surface area is 169 Å². The number of ether oxygens (including phenoxy) is 1. The zero-order chi connectivity index (χ0) is 21.3. The van der Waals surface area contributed by atoms with Crippen molar-refractivity contribution >= 4 is 38.5 Å². The first-order valence-electron chi connectivity index (χ1n) is 9.08. The average molecular weight is 430 g/mol. The van der Waals surface area contributed by atoms with Crippen LogP contribution >= 0.6 is 11.3 Å². The lowest BCUT2D eigenvalue weighted by Gasteiger charge is -2.27. The van der Waals surface area contributed by atoms with Crippen LogP contribution in [-0.2, 0) is 9.59 Å². The number of rotatable bonds is 5. The number of halogens is 3. The van der Waals surface area contributed by atoms with Crippen molar-refractivity contribution in [1.82, 2.24) is 9.88 Å². The van der Waals surface area contributed by atoms with E-state index in [2.05, 4.69) is 15.0 Å². The number of amides is 2. The van der Waals surface area contributed by atoms with Crippen LogP contribution in [0, 0.1) is 5.92 Å². The van der Waals surface area contributed by atoms with E-state index in [1.807, 2.05) is 13.8 Å². The molecule has 1 unspecified atom stereocenters. The molecule has 11 heteroatoms. The summed E-state index contributed by atoms with van der Waals surface area (Å²) in [7, 11) is 0. The zero-order valence-electron chi connectivity index (χ0n) is 15.8. The van der Waals surface area contributed by atoms with Gasteiger partial charge in [0.1, 0.15) is 11.8 Å². The van der Waals surface area contributed by atoms with Gasteiger partial charge in [-0.25, -0.2) is 4.98 Å². The summed E-state index contributed by atoms with van der Waals surface area (Å²) in [6, 6.07) is 2.42. The maximum Gasteiger partial charge on any atom is 0.573 e. The van der Waals surface area contributed by atoms with E-state index in [-0.39, 0.29) is 22.7 Å². The van der Waals surface area contributed by atoms with Gasteiger partial charge >= 0.3 is 6.36 Å². The van der Waals surface area contributed by atoms with Crippen LogP contribution in [0.3, 0.4) is 0 Å². The molecule has 0 radical (unpaired) electrons. The summed E-state index contributed by atoms with van der Waals surface area (Å²) in [5, 5.41) is 2.90. The van der Waals surface area contributed by atoms with Crippen LogP contribution in [0.2, 0.25) is 0 Å². The Morgan fingerprint density at radius 3 is 2.76 bits per heavy atom. The summed E-state index contributed by atoms with van der Waals surface area (Å²) in [5.74, 6) is -1.07. The molecule has 7 nitrogen and oxygen atoms in total. The monoisotopic (exact) mass is 430 g/mol. The Balaban J connectivity index is 1.72. The second-order valence-electron chi connectivity index (χ2n) is 7.15. The number of hydrogen-bond acceptors (Lipinski definition) is 6. The summed E-state index contributed by atoms with van der Waals surface area (Å²) in [5.41, 5.74) is 6.37. The molecule has 29 heavy (non-hydrogen) atoms. The normalized spacial score (nSPS) is 18.3. The highest BCUT2D eigenvalue weighted by molar-refractivity contribution is 7.22. The first kappa shape index (κ1) is 21.3. The van der Waals surface area contributed by atoms with Gasteiger partial charge in [-0.05, 0) is 30.9 Å². The van der Waals surface area contributed by atoms with Crippen LogP contribution in [0.5, 0.6) is 5.75 Å². The third-order valence-corrected chi connectivity index (χ3v) is 5.60. The third kappa shape index (κ3) is 4.96. The topological polar surface area (TPSA) is 97.6 Å². The molecule has 1 saturated heterocycles. The molecular weight excluding hydrogens is 409 g/mol. The molecule has 0 saturated carbocycles. The molecule has 3 rings (SSSR count). The van der Waals surface area contributed by atoms with Crippen molar-refractivity contribution in [1.29, 1.82) is 0 Å². The quantitative estimate of drug-likeness (QED) is 0.760. The molecule has 1 aromatic heterocycles. The second kappa shape index (κ2) is 8.15. The van der Waals surface area contributed by atoms with Gasteiger partial charge in [0.25, 0.3) is 0 Å². The van der Waals surface area contributed by atoms with Crippen molar-refractivity contribution in [3.8, 4) is 5.75 Å². The maximum atomic E-state index is 12.7. The molecule has 0 aliphatic carbocycles. The molecule has 0 spiro atoms. The van der Waals surface area contributed by atoms with Gasteiger partial charge in [-0.2, -0.15) is 0 Å². The number of alkyl halides is 3. The number of nitrogens with two attached hydrogens (primary N) is 1. The first-order valence-corrected chi connectivity index (χ1v) is 9.90. The molecule has 1 aliphatic heterocycles. The zero-order valence-corrected chi connectivity index (χ0v) is 16.6. The molecule has 2 heterocycles. The lowest BCUT2D eigenvalue weighted by atomic mass is 10.0. The minimum Gasteiger partial charge on any atom is -0.406 e. The Kier molecular flexibility index (Phi) is 5.99. The molecule has 0 bridgehead atoms. The van der Waals surface area contributed by atoms with Gasteiger partial charge in [-0.3, -0.25) is 9.59 Å². The molecule has 3 N–H and O–H groups in total. The van der Waals surface area contributed by atoms with Crippen LogP contribution in [0.15, 0.2) is 18.2 Å². The van der Waals surface area contributed by atoms with Crippen molar-refractivity contribution in [3.63, 3.8) is 0 Å². The lowest BCUT2D eigenvalue weighted by Crippen LogP contribution is -2.51. The minimum atomic E-state index is -4.79. The Morgan fingerprint density at radius 1 is 1.38 bits per heavy atom. The predicted octanol–water partition coefficient (Wildman–Crippen LogP) is 3.11. The van der Waals surface area contributed by atoms with Gasteiger partial charge in [-0.15, -0.1) is 13.2 Å². The van der Waals surface area contributed by atoms with Crippen molar-refractivity contribution in [2.45, 2.75) is 45.1 Å². The molecule has 2 atom stereocenters. The van der Waals surface area contributed by atoms with E-state index in [0.29, 0.717) is 29.6 Å². The number of likely N-dealkylation sites (tertiary alicyclic amines) is 1. The molecule has 158 valence electrons. The molecule has 1 aliphatic rings. The molecule has 1 aromatic carbocycles. The fraction of sp³-hybridized carbons (Fsp3) is 0.500. The third-order valence-electron chi connectivity index (χ3n) is 4.67. The van der Waals surface area contributed by atoms with Crippen LogP contribution in [-0.4, -0.2) is 46.7 Å². The van der Waals surface area contributed by atoms with Crippen LogP contribution < -0.4 is 15.8 Å². The number of anilines is 1. The number of thiazole rings is 1. The van der Waals surface area contributed by atoms with Crippen molar-refractivity contribution < 1.29 is 27.5 Å². The van der Waals surface area contributed by atoms with Crippen LogP contribution in [0.25, 0.3) is 10.2 Å². The molecular formula is C18H21F3N4O3S.